The smallest absolute Gasteiger partial charge is 0.353 e. The van der Waals surface area contributed by atoms with Crippen LogP contribution in [0.4, 0.5) is 0 Å². The molecule has 0 atom stereocenters. The summed E-state index contributed by atoms with van der Waals surface area (Å²) in [7, 11) is 0. The first-order valence-corrected chi connectivity index (χ1v) is 9.20. The highest BCUT2D eigenvalue weighted by atomic mass is 35.5. The van der Waals surface area contributed by atoms with Gasteiger partial charge in [0.25, 0.3) is 5.56 Å². The van der Waals surface area contributed by atoms with Gasteiger partial charge >= 0.3 is 5.97 Å². The van der Waals surface area contributed by atoms with Crippen LogP contribution in [0.3, 0.4) is 0 Å². The molecule has 0 fully saturated rings. The van der Waals surface area contributed by atoms with Crippen molar-refractivity contribution < 1.29 is 9.90 Å². The minimum absolute atomic E-state index is 0.0491. The first-order chi connectivity index (χ1) is 12.6. The summed E-state index contributed by atoms with van der Waals surface area (Å²) in [4.78, 5) is 25.4. The van der Waals surface area contributed by atoms with Crippen LogP contribution in [0.15, 0.2) is 47.3 Å². The van der Waals surface area contributed by atoms with Crippen LogP contribution in [0, 0.1) is 5.41 Å². The maximum Gasteiger partial charge on any atom is 0.353 e. The van der Waals surface area contributed by atoms with E-state index in [1.807, 2.05) is 51.1 Å². The first kappa shape index (κ1) is 19.5. The zero-order valence-corrected chi connectivity index (χ0v) is 16.7. The average molecular weight is 404 g/mol. The molecule has 4 nitrogen and oxygen atoms in total. The molecule has 0 radical (unpaired) electrons. The van der Waals surface area contributed by atoms with Crippen molar-refractivity contribution in [3.8, 4) is 11.1 Å². The predicted octanol–water partition coefficient (Wildman–Crippen LogP) is 5.72. The molecule has 0 spiro atoms. The van der Waals surface area contributed by atoms with Crippen molar-refractivity contribution in [2.45, 2.75) is 27.3 Å². The van der Waals surface area contributed by atoms with E-state index in [4.69, 9.17) is 23.2 Å². The number of carboxylic acids is 1. The second-order valence-electron chi connectivity index (χ2n) is 7.66. The van der Waals surface area contributed by atoms with E-state index in [-0.39, 0.29) is 27.7 Å². The Morgan fingerprint density at radius 2 is 1.59 bits per heavy atom. The van der Waals surface area contributed by atoms with Gasteiger partial charge in [-0.2, -0.15) is 0 Å². The van der Waals surface area contributed by atoms with E-state index in [9.17, 15) is 14.7 Å². The van der Waals surface area contributed by atoms with Gasteiger partial charge in [-0.3, -0.25) is 4.79 Å². The molecule has 6 heteroatoms. The summed E-state index contributed by atoms with van der Waals surface area (Å²) in [5.41, 5.74) is 0.412. The van der Waals surface area contributed by atoms with Gasteiger partial charge in [0.2, 0.25) is 0 Å². The molecule has 0 aliphatic rings. The van der Waals surface area contributed by atoms with Crippen molar-refractivity contribution in [3.05, 3.63) is 68.6 Å². The number of fused-ring (bicyclic) bond motifs is 1. The number of carboxylic acid groups (broad SMARTS) is 1. The maximum absolute atomic E-state index is 13.2. The van der Waals surface area contributed by atoms with Gasteiger partial charge in [-0.15, -0.1) is 0 Å². The molecular weight excluding hydrogens is 385 g/mol. The number of aromatic nitrogens is 1. The summed E-state index contributed by atoms with van der Waals surface area (Å²) in [5.74, 6) is -1.16. The molecule has 1 heterocycles. The van der Waals surface area contributed by atoms with Crippen LogP contribution in [0.2, 0.25) is 10.0 Å². The number of pyridine rings is 1. The van der Waals surface area contributed by atoms with Gasteiger partial charge in [-0.25, -0.2) is 4.79 Å². The Bertz CT molecular complexity index is 1100. The number of hydrogen-bond donors (Lipinski definition) is 1. The number of nitrogens with zero attached hydrogens (tertiary/aromatic N) is 1. The fourth-order valence-corrected chi connectivity index (χ4v) is 3.51. The van der Waals surface area contributed by atoms with E-state index in [0.717, 1.165) is 0 Å². The topological polar surface area (TPSA) is 59.3 Å². The van der Waals surface area contributed by atoms with E-state index in [0.29, 0.717) is 21.9 Å². The summed E-state index contributed by atoms with van der Waals surface area (Å²) in [5, 5.41) is 11.3. The molecule has 0 aliphatic heterocycles. The second-order valence-corrected chi connectivity index (χ2v) is 8.47. The molecule has 1 aromatic heterocycles. The molecule has 0 bridgehead atoms. The number of halogens is 2. The normalized spacial score (nSPS) is 11.7. The largest absolute Gasteiger partial charge is 0.477 e. The molecule has 0 aliphatic carbocycles. The minimum Gasteiger partial charge on any atom is -0.477 e. The second kappa shape index (κ2) is 7.02. The quantitative estimate of drug-likeness (QED) is 0.608. The Hall–Kier alpha value is -2.30. The van der Waals surface area contributed by atoms with Crippen LogP contribution in [0.25, 0.3) is 21.9 Å². The van der Waals surface area contributed by atoms with Crippen LogP contribution in [-0.2, 0) is 6.54 Å². The molecule has 140 valence electrons. The Labute approximate surface area is 167 Å². The number of carbonyl (C=O) groups is 1. The summed E-state index contributed by atoms with van der Waals surface area (Å²) in [6, 6.07) is 12.2. The molecule has 0 saturated heterocycles. The lowest BCUT2D eigenvalue weighted by Crippen LogP contribution is -2.32. The van der Waals surface area contributed by atoms with E-state index in [1.165, 1.54) is 10.6 Å². The lowest BCUT2D eigenvalue weighted by molar-refractivity contribution is 0.0682. The Balaban J connectivity index is 2.57. The third-order valence-electron chi connectivity index (χ3n) is 4.21. The summed E-state index contributed by atoms with van der Waals surface area (Å²) >= 11 is 12.3. The first-order valence-electron chi connectivity index (χ1n) is 8.44. The average Bonchev–Trinajstić information content (AvgIpc) is 2.58. The van der Waals surface area contributed by atoms with Gasteiger partial charge in [0, 0.05) is 17.5 Å². The van der Waals surface area contributed by atoms with Gasteiger partial charge in [-0.1, -0.05) is 74.3 Å². The zero-order chi connectivity index (χ0) is 19.9. The number of rotatable bonds is 3. The van der Waals surface area contributed by atoms with Crippen molar-refractivity contribution in [2.75, 3.05) is 0 Å². The van der Waals surface area contributed by atoms with Crippen molar-refractivity contribution in [2.24, 2.45) is 5.41 Å². The standard InChI is InChI=1S/C21H19Cl2NO3/c1-21(2,3)11-24-18(20(26)27)17(12-7-5-4-6-8-12)13-9-15(22)16(23)10-14(13)19(24)25/h4-10H,11H2,1-3H3,(H,26,27). The summed E-state index contributed by atoms with van der Waals surface area (Å²) in [6.07, 6.45) is 0. The highest BCUT2D eigenvalue weighted by Gasteiger charge is 2.26. The lowest BCUT2D eigenvalue weighted by atomic mass is 9.93. The van der Waals surface area contributed by atoms with Crippen molar-refractivity contribution >= 4 is 39.9 Å². The Morgan fingerprint density at radius 3 is 2.11 bits per heavy atom. The maximum atomic E-state index is 13.2. The Kier molecular flexibility index (Phi) is 5.06. The van der Waals surface area contributed by atoms with Crippen molar-refractivity contribution in [3.63, 3.8) is 0 Å². The number of aromatic carboxylic acids is 1. The van der Waals surface area contributed by atoms with Crippen LogP contribution < -0.4 is 5.56 Å². The van der Waals surface area contributed by atoms with E-state index in [2.05, 4.69) is 0 Å². The highest BCUT2D eigenvalue weighted by Crippen LogP contribution is 2.35. The Morgan fingerprint density at radius 1 is 1.04 bits per heavy atom. The van der Waals surface area contributed by atoms with Crippen LogP contribution in [0.1, 0.15) is 31.3 Å². The van der Waals surface area contributed by atoms with Gasteiger partial charge in [0.05, 0.1) is 10.0 Å². The van der Waals surface area contributed by atoms with Crippen LogP contribution in [0.5, 0.6) is 0 Å². The molecule has 0 saturated carbocycles. The SMILES string of the molecule is CC(C)(C)Cn1c(C(=O)O)c(-c2ccccc2)c2cc(Cl)c(Cl)cc2c1=O. The molecule has 2 aromatic carbocycles. The van der Waals surface area contributed by atoms with E-state index < -0.39 is 11.5 Å². The predicted molar refractivity (Wildman–Crippen MR) is 110 cm³/mol. The van der Waals surface area contributed by atoms with Crippen molar-refractivity contribution in [1.82, 2.24) is 4.57 Å². The fourth-order valence-electron chi connectivity index (χ4n) is 3.18. The number of benzene rings is 2. The molecule has 1 N–H and O–H groups in total. The van der Waals surface area contributed by atoms with Crippen LogP contribution in [-0.4, -0.2) is 15.6 Å². The van der Waals surface area contributed by atoms with E-state index in [1.54, 1.807) is 6.07 Å². The van der Waals surface area contributed by atoms with Gasteiger partial charge in [0.1, 0.15) is 5.69 Å². The monoisotopic (exact) mass is 403 g/mol. The third kappa shape index (κ3) is 3.73. The molecule has 0 unspecified atom stereocenters. The van der Waals surface area contributed by atoms with Gasteiger partial charge < -0.3 is 9.67 Å². The minimum atomic E-state index is -1.16. The third-order valence-corrected chi connectivity index (χ3v) is 4.93. The number of hydrogen-bond acceptors (Lipinski definition) is 2. The molecule has 0 amide bonds. The van der Waals surface area contributed by atoms with Crippen molar-refractivity contribution in [1.29, 1.82) is 0 Å². The van der Waals surface area contributed by atoms with Gasteiger partial charge in [0.15, 0.2) is 0 Å². The summed E-state index contributed by atoms with van der Waals surface area (Å²) in [6.45, 7) is 6.11. The molecule has 3 rings (SSSR count). The molecule has 27 heavy (non-hydrogen) atoms. The van der Waals surface area contributed by atoms with E-state index >= 15 is 0 Å². The fraction of sp³-hybridized carbons (Fsp3) is 0.238. The van der Waals surface area contributed by atoms with Gasteiger partial charge in [-0.05, 0) is 28.5 Å². The molecule has 3 aromatic rings. The summed E-state index contributed by atoms with van der Waals surface area (Å²) < 4.78 is 1.33. The zero-order valence-electron chi connectivity index (χ0n) is 15.2. The lowest BCUT2D eigenvalue weighted by Gasteiger charge is -2.24. The highest BCUT2D eigenvalue weighted by molar-refractivity contribution is 6.43. The van der Waals surface area contributed by atoms with Crippen LogP contribution >= 0.6 is 23.2 Å². The molecular formula is C21H19Cl2NO3.